The average molecular weight is 388 g/mol. The van der Waals surface area contributed by atoms with Gasteiger partial charge in [-0.1, -0.05) is 6.07 Å². The van der Waals surface area contributed by atoms with E-state index in [9.17, 15) is 9.18 Å². The zero-order chi connectivity index (χ0) is 20.2. The molecule has 7 heteroatoms. The number of nitrogens with zero attached hydrogens (tertiary/aromatic N) is 3. The monoisotopic (exact) mass is 388 g/mol. The molecule has 0 fully saturated rings. The van der Waals surface area contributed by atoms with Crippen molar-refractivity contribution in [3.05, 3.63) is 90.6 Å². The quantitative estimate of drug-likeness (QED) is 0.552. The Kier molecular flexibility index (Phi) is 5.03. The Balaban J connectivity index is 1.72. The summed E-state index contributed by atoms with van der Waals surface area (Å²) in [5.74, 6) is -0.0751. The lowest BCUT2D eigenvalue weighted by atomic mass is 10.1. The van der Waals surface area contributed by atoms with Crippen molar-refractivity contribution in [3.63, 3.8) is 0 Å². The first-order chi connectivity index (χ1) is 14.1. The molecule has 1 N–H and O–H groups in total. The van der Waals surface area contributed by atoms with Crippen molar-refractivity contribution in [3.8, 4) is 22.7 Å². The molecular weight excluding hydrogens is 371 g/mol. The lowest BCUT2D eigenvalue weighted by Crippen LogP contribution is -2.13. The van der Waals surface area contributed by atoms with Gasteiger partial charge >= 0.3 is 0 Å². The minimum Gasteiger partial charge on any atom is -0.497 e. The van der Waals surface area contributed by atoms with Crippen molar-refractivity contribution in [2.24, 2.45) is 0 Å². The summed E-state index contributed by atoms with van der Waals surface area (Å²) in [7, 11) is 1.56. The average Bonchev–Trinajstić information content (AvgIpc) is 3.21. The van der Waals surface area contributed by atoms with Gasteiger partial charge in [-0.3, -0.25) is 9.78 Å². The molecule has 0 spiro atoms. The lowest BCUT2D eigenvalue weighted by molar-refractivity contribution is 0.102. The zero-order valence-corrected chi connectivity index (χ0v) is 15.5. The number of hydrogen-bond donors (Lipinski definition) is 1. The van der Waals surface area contributed by atoms with Gasteiger partial charge in [-0.25, -0.2) is 9.07 Å². The Morgan fingerprint density at radius 2 is 1.79 bits per heavy atom. The van der Waals surface area contributed by atoms with E-state index in [2.05, 4.69) is 15.4 Å². The van der Waals surface area contributed by atoms with E-state index in [4.69, 9.17) is 4.74 Å². The lowest BCUT2D eigenvalue weighted by Gasteiger charge is -2.07. The number of nitrogens with one attached hydrogen (secondary N) is 1. The maximum Gasteiger partial charge on any atom is 0.276 e. The van der Waals surface area contributed by atoms with Gasteiger partial charge in [-0.15, -0.1) is 0 Å². The van der Waals surface area contributed by atoms with Gasteiger partial charge in [0, 0.05) is 29.7 Å². The molecule has 2 aromatic carbocycles. The molecule has 0 unspecified atom stereocenters. The number of hydrogen-bond acceptors (Lipinski definition) is 4. The first-order valence-corrected chi connectivity index (χ1v) is 8.86. The number of rotatable bonds is 5. The van der Waals surface area contributed by atoms with Crippen LogP contribution in [0.2, 0.25) is 0 Å². The second-order valence-corrected chi connectivity index (χ2v) is 6.23. The third-order valence-corrected chi connectivity index (χ3v) is 4.32. The van der Waals surface area contributed by atoms with Gasteiger partial charge in [-0.05, 0) is 54.6 Å². The Morgan fingerprint density at radius 3 is 2.52 bits per heavy atom. The van der Waals surface area contributed by atoms with Crippen LogP contribution in [0.4, 0.5) is 10.1 Å². The second kappa shape index (κ2) is 7.93. The van der Waals surface area contributed by atoms with Crippen LogP contribution in [0, 0.1) is 5.82 Å². The zero-order valence-electron chi connectivity index (χ0n) is 15.5. The normalized spacial score (nSPS) is 10.6. The van der Waals surface area contributed by atoms with Crippen LogP contribution in [0.3, 0.4) is 0 Å². The van der Waals surface area contributed by atoms with Crippen molar-refractivity contribution in [1.29, 1.82) is 0 Å². The molecule has 0 saturated heterocycles. The molecule has 0 aliphatic carbocycles. The Hall–Kier alpha value is -4.00. The largest absolute Gasteiger partial charge is 0.497 e. The van der Waals surface area contributed by atoms with E-state index in [0.29, 0.717) is 22.8 Å². The molecule has 6 nitrogen and oxygen atoms in total. The van der Waals surface area contributed by atoms with E-state index in [0.717, 1.165) is 5.56 Å². The van der Waals surface area contributed by atoms with Crippen molar-refractivity contribution in [2.75, 3.05) is 12.4 Å². The molecule has 1 amide bonds. The first kappa shape index (κ1) is 18.4. The molecule has 0 aliphatic heterocycles. The topological polar surface area (TPSA) is 69.0 Å². The third-order valence-electron chi connectivity index (χ3n) is 4.32. The highest BCUT2D eigenvalue weighted by molar-refractivity contribution is 6.03. The number of anilines is 1. The molecule has 0 aliphatic rings. The highest BCUT2D eigenvalue weighted by Crippen LogP contribution is 2.25. The van der Waals surface area contributed by atoms with Crippen LogP contribution in [-0.4, -0.2) is 27.8 Å². The fraction of sp³-hybridized carbons (Fsp3) is 0.0455. The number of ether oxygens (including phenoxy) is 1. The van der Waals surface area contributed by atoms with Crippen molar-refractivity contribution < 1.29 is 13.9 Å². The molecular formula is C22H17FN4O2. The standard InChI is InChI=1S/C22H17FN4O2/c1-29-19-4-2-3-17(13-19)25-22(28)20-14-21(15-9-11-24-12-10-15)27(26-20)18-7-5-16(23)6-8-18/h2-14H,1H3,(H,25,28). The SMILES string of the molecule is COc1cccc(NC(=O)c2cc(-c3ccncc3)n(-c3ccc(F)cc3)n2)c1. The summed E-state index contributed by atoms with van der Waals surface area (Å²) in [6.45, 7) is 0. The summed E-state index contributed by atoms with van der Waals surface area (Å²) in [4.78, 5) is 16.8. The number of methoxy groups -OCH3 is 1. The highest BCUT2D eigenvalue weighted by atomic mass is 19.1. The molecule has 2 heterocycles. The van der Waals surface area contributed by atoms with Crippen LogP contribution in [0.15, 0.2) is 79.1 Å². The molecule has 4 aromatic rings. The van der Waals surface area contributed by atoms with Crippen LogP contribution < -0.4 is 10.1 Å². The Bertz CT molecular complexity index is 1140. The maximum absolute atomic E-state index is 13.4. The summed E-state index contributed by atoms with van der Waals surface area (Å²) >= 11 is 0. The van der Waals surface area contributed by atoms with Gasteiger partial charge in [-0.2, -0.15) is 5.10 Å². The van der Waals surface area contributed by atoms with E-state index in [1.165, 1.54) is 12.1 Å². The summed E-state index contributed by atoms with van der Waals surface area (Å²) in [5, 5.41) is 7.27. The molecule has 29 heavy (non-hydrogen) atoms. The van der Waals surface area contributed by atoms with Gasteiger partial charge in [0.25, 0.3) is 5.91 Å². The number of halogens is 1. The van der Waals surface area contributed by atoms with Crippen LogP contribution in [-0.2, 0) is 0 Å². The van der Waals surface area contributed by atoms with Crippen molar-refractivity contribution >= 4 is 11.6 Å². The van der Waals surface area contributed by atoms with Gasteiger partial charge in [0.05, 0.1) is 18.5 Å². The number of aromatic nitrogens is 3. The number of carbonyl (C=O) groups excluding carboxylic acids is 1. The molecule has 0 bridgehead atoms. The van der Waals surface area contributed by atoms with Crippen LogP contribution in [0.1, 0.15) is 10.5 Å². The van der Waals surface area contributed by atoms with Crippen molar-refractivity contribution in [1.82, 2.24) is 14.8 Å². The highest BCUT2D eigenvalue weighted by Gasteiger charge is 2.17. The smallest absolute Gasteiger partial charge is 0.276 e. The fourth-order valence-electron chi connectivity index (χ4n) is 2.90. The van der Waals surface area contributed by atoms with Gasteiger partial charge < -0.3 is 10.1 Å². The number of pyridine rings is 1. The fourth-order valence-corrected chi connectivity index (χ4v) is 2.90. The van der Waals surface area contributed by atoms with E-state index in [-0.39, 0.29) is 17.4 Å². The third kappa shape index (κ3) is 3.98. The Labute approximate surface area is 166 Å². The van der Waals surface area contributed by atoms with Gasteiger partial charge in [0.1, 0.15) is 11.6 Å². The van der Waals surface area contributed by atoms with E-state index in [1.54, 1.807) is 66.6 Å². The molecule has 0 radical (unpaired) electrons. The van der Waals surface area contributed by atoms with Crippen LogP contribution in [0.5, 0.6) is 5.75 Å². The summed E-state index contributed by atoms with van der Waals surface area (Å²) in [6, 6.07) is 18.3. The van der Waals surface area contributed by atoms with Gasteiger partial charge in [0.2, 0.25) is 0 Å². The van der Waals surface area contributed by atoms with Crippen LogP contribution >= 0.6 is 0 Å². The van der Waals surface area contributed by atoms with E-state index < -0.39 is 0 Å². The summed E-state index contributed by atoms with van der Waals surface area (Å²) in [6.07, 6.45) is 3.32. The number of carbonyl (C=O) groups is 1. The molecule has 144 valence electrons. The second-order valence-electron chi connectivity index (χ2n) is 6.23. The van der Waals surface area contributed by atoms with Gasteiger partial charge in [0.15, 0.2) is 5.69 Å². The van der Waals surface area contributed by atoms with E-state index in [1.807, 2.05) is 12.1 Å². The summed E-state index contributed by atoms with van der Waals surface area (Å²) in [5.41, 5.74) is 2.98. The Morgan fingerprint density at radius 1 is 1.03 bits per heavy atom. The molecule has 2 aromatic heterocycles. The predicted octanol–water partition coefficient (Wildman–Crippen LogP) is 4.33. The van der Waals surface area contributed by atoms with Crippen LogP contribution in [0.25, 0.3) is 16.9 Å². The summed E-state index contributed by atoms with van der Waals surface area (Å²) < 4.78 is 20.1. The predicted molar refractivity (Wildman–Crippen MR) is 108 cm³/mol. The number of amides is 1. The maximum atomic E-state index is 13.4. The van der Waals surface area contributed by atoms with E-state index >= 15 is 0 Å². The number of benzene rings is 2. The molecule has 0 saturated carbocycles. The minimum absolute atomic E-state index is 0.226. The molecule has 4 rings (SSSR count). The minimum atomic E-state index is -0.366. The first-order valence-electron chi connectivity index (χ1n) is 8.86. The van der Waals surface area contributed by atoms with Crippen molar-refractivity contribution in [2.45, 2.75) is 0 Å². The molecule has 0 atom stereocenters.